The molecule has 0 saturated carbocycles. The van der Waals surface area contributed by atoms with E-state index in [4.69, 9.17) is 0 Å². The van der Waals surface area contributed by atoms with Gasteiger partial charge in [0.1, 0.15) is 11.9 Å². The van der Waals surface area contributed by atoms with E-state index < -0.39 is 12.1 Å². The molecule has 1 aromatic carbocycles. The maximum Gasteiger partial charge on any atom is 0.253 e. The lowest BCUT2D eigenvalue weighted by Gasteiger charge is -2.30. The van der Waals surface area contributed by atoms with Crippen LogP contribution in [-0.4, -0.2) is 84.1 Å². The van der Waals surface area contributed by atoms with Gasteiger partial charge in [0.05, 0.1) is 17.1 Å². The fraction of sp³-hybridized carbons (Fsp3) is 0.526. The van der Waals surface area contributed by atoms with E-state index in [1.54, 1.807) is 58.3 Å². The van der Waals surface area contributed by atoms with Crippen molar-refractivity contribution in [2.75, 3.05) is 35.2 Å². The summed E-state index contributed by atoms with van der Waals surface area (Å²) in [7, 11) is 8.51. The zero-order valence-electron chi connectivity index (χ0n) is 16.8. The fourth-order valence-electron chi connectivity index (χ4n) is 3.13. The average Bonchev–Trinajstić information content (AvgIpc) is 3.01. The number of imidazole rings is 1. The Balaban J connectivity index is 2.19. The third kappa shape index (κ3) is 4.64. The topological polar surface area (TPSA) is 102 Å². The molecule has 1 heterocycles. The molecule has 2 aromatic rings. The van der Waals surface area contributed by atoms with Crippen LogP contribution in [0.1, 0.15) is 23.1 Å². The minimum atomic E-state index is -0.848. The maximum absolute atomic E-state index is 12.1. The fourth-order valence-corrected chi connectivity index (χ4v) is 3.13. The second kappa shape index (κ2) is 8.49. The first-order valence-corrected chi connectivity index (χ1v) is 8.92. The summed E-state index contributed by atoms with van der Waals surface area (Å²) in [5.74, 6) is 0.214. The van der Waals surface area contributed by atoms with Gasteiger partial charge in [0.15, 0.2) is 0 Å². The van der Waals surface area contributed by atoms with Crippen LogP contribution in [-0.2, 0) is 11.2 Å². The van der Waals surface area contributed by atoms with Crippen molar-refractivity contribution < 1.29 is 14.7 Å². The predicted molar refractivity (Wildman–Crippen MR) is 105 cm³/mol. The molecule has 0 aliphatic carbocycles. The number of hydrogen-bond donors (Lipinski definition) is 3. The van der Waals surface area contributed by atoms with E-state index in [0.717, 1.165) is 11.0 Å². The van der Waals surface area contributed by atoms with Crippen LogP contribution in [0.5, 0.6) is 0 Å². The van der Waals surface area contributed by atoms with E-state index in [0.29, 0.717) is 17.8 Å². The molecule has 0 aliphatic heterocycles. The Bertz CT molecular complexity index is 815. The van der Waals surface area contributed by atoms with Gasteiger partial charge >= 0.3 is 0 Å². The highest BCUT2D eigenvalue weighted by molar-refractivity contribution is 5.97. The van der Waals surface area contributed by atoms with Crippen molar-refractivity contribution in [1.82, 2.24) is 25.1 Å². The van der Waals surface area contributed by atoms with Crippen LogP contribution >= 0.6 is 0 Å². The summed E-state index contributed by atoms with van der Waals surface area (Å²) in [6.45, 7) is 1.89. The number of carbonyl (C=O) groups is 2. The van der Waals surface area contributed by atoms with E-state index in [1.165, 1.54) is 4.90 Å². The molecule has 148 valence electrons. The van der Waals surface area contributed by atoms with E-state index in [9.17, 15) is 14.7 Å². The number of aromatic amines is 1. The third-order valence-corrected chi connectivity index (χ3v) is 4.68. The number of aliphatic hydroxyl groups excluding tert-OH is 1. The summed E-state index contributed by atoms with van der Waals surface area (Å²) in [6, 6.07) is 4.70. The Morgan fingerprint density at radius 2 is 1.93 bits per heavy atom. The van der Waals surface area contributed by atoms with Gasteiger partial charge in [0, 0.05) is 33.1 Å². The molecule has 8 nitrogen and oxygen atoms in total. The normalized spacial score (nSPS) is 14.8. The van der Waals surface area contributed by atoms with Crippen molar-refractivity contribution in [1.29, 1.82) is 0 Å². The van der Waals surface area contributed by atoms with Crippen molar-refractivity contribution >= 4 is 22.8 Å². The molecule has 0 aliphatic rings. The van der Waals surface area contributed by atoms with Gasteiger partial charge in [0.2, 0.25) is 5.91 Å². The van der Waals surface area contributed by atoms with Crippen molar-refractivity contribution in [3.63, 3.8) is 0 Å². The SMILES string of the molecule is CNC(=O)[C@H]([C@H](O)[C@H](C)Cc1nc2ccc(C(=O)N(C)C)cc2[nH]1)N(C)C. The summed E-state index contributed by atoms with van der Waals surface area (Å²) in [5.41, 5.74) is 2.12. The van der Waals surface area contributed by atoms with Crippen LogP contribution in [0, 0.1) is 5.92 Å². The summed E-state index contributed by atoms with van der Waals surface area (Å²) >= 11 is 0. The zero-order chi connectivity index (χ0) is 20.3. The Labute approximate surface area is 159 Å². The van der Waals surface area contributed by atoms with Crippen LogP contribution in [0.4, 0.5) is 0 Å². The standard InChI is InChI=1S/C19H29N5O3/c1-11(17(25)16(23(3)4)18(26)20-2)9-15-21-13-8-7-12(10-14(13)22-15)19(27)24(5)6/h7-8,10-11,16-17,25H,9H2,1-6H3,(H,20,26)(H,21,22)/t11-,16+,17-/m1/s1. The number of rotatable bonds is 7. The van der Waals surface area contributed by atoms with Gasteiger partial charge in [-0.2, -0.15) is 0 Å². The number of aliphatic hydroxyl groups is 1. The maximum atomic E-state index is 12.1. The second-order valence-electron chi connectivity index (χ2n) is 7.31. The molecule has 2 amide bonds. The zero-order valence-corrected chi connectivity index (χ0v) is 16.8. The molecule has 0 saturated heterocycles. The number of likely N-dealkylation sites (N-methyl/N-ethyl adjacent to an activating group) is 2. The van der Waals surface area contributed by atoms with Gasteiger partial charge in [-0.25, -0.2) is 4.98 Å². The van der Waals surface area contributed by atoms with Crippen LogP contribution in [0.3, 0.4) is 0 Å². The molecule has 27 heavy (non-hydrogen) atoms. The number of benzene rings is 1. The number of nitrogens with one attached hydrogen (secondary N) is 2. The number of fused-ring (bicyclic) bond motifs is 1. The number of nitrogens with zero attached hydrogens (tertiary/aromatic N) is 3. The third-order valence-electron chi connectivity index (χ3n) is 4.68. The number of carbonyl (C=O) groups excluding carboxylic acids is 2. The summed E-state index contributed by atoms with van der Waals surface area (Å²) in [4.78, 5) is 35.2. The summed E-state index contributed by atoms with van der Waals surface area (Å²) < 4.78 is 0. The molecule has 0 spiro atoms. The molecule has 0 fully saturated rings. The van der Waals surface area contributed by atoms with Gasteiger partial charge in [-0.1, -0.05) is 6.92 Å². The minimum Gasteiger partial charge on any atom is -0.391 e. The molecule has 0 radical (unpaired) electrons. The van der Waals surface area contributed by atoms with E-state index in [1.807, 2.05) is 6.92 Å². The lowest BCUT2D eigenvalue weighted by molar-refractivity contribution is -0.130. The molecular formula is C19H29N5O3. The smallest absolute Gasteiger partial charge is 0.253 e. The minimum absolute atomic E-state index is 0.0729. The molecule has 0 unspecified atom stereocenters. The Kier molecular flexibility index (Phi) is 6.56. The molecule has 1 aromatic heterocycles. The van der Waals surface area contributed by atoms with Gasteiger partial charge < -0.3 is 20.3 Å². The second-order valence-corrected chi connectivity index (χ2v) is 7.31. The lowest BCUT2D eigenvalue weighted by Crippen LogP contribution is -2.52. The first kappa shape index (κ1) is 20.9. The number of amides is 2. The quantitative estimate of drug-likeness (QED) is 0.653. The van der Waals surface area contributed by atoms with E-state index in [-0.39, 0.29) is 17.7 Å². The highest BCUT2D eigenvalue weighted by Crippen LogP contribution is 2.19. The van der Waals surface area contributed by atoms with Crippen molar-refractivity contribution in [2.45, 2.75) is 25.5 Å². The van der Waals surface area contributed by atoms with Gasteiger partial charge in [-0.3, -0.25) is 14.5 Å². The summed E-state index contributed by atoms with van der Waals surface area (Å²) in [6.07, 6.45) is -0.368. The van der Waals surface area contributed by atoms with Crippen molar-refractivity contribution in [3.8, 4) is 0 Å². The molecule has 2 rings (SSSR count). The van der Waals surface area contributed by atoms with Crippen LogP contribution in [0.2, 0.25) is 0 Å². The highest BCUT2D eigenvalue weighted by Gasteiger charge is 2.32. The van der Waals surface area contributed by atoms with Crippen LogP contribution < -0.4 is 5.32 Å². The van der Waals surface area contributed by atoms with Gasteiger partial charge in [0.25, 0.3) is 5.91 Å². The predicted octanol–water partition coefficient (Wildman–Crippen LogP) is 0.480. The number of aromatic nitrogens is 2. The van der Waals surface area contributed by atoms with Crippen LogP contribution in [0.25, 0.3) is 11.0 Å². The van der Waals surface area contributed by atoms with E-state index >= 15 is 0 Å². The monoisotopic (exact) mass is 375 g/mol. The lowest BCUT2D eigenvalue weighted by atomic mass is 9.93. The number of hydrogen-bond acceptors (Lipinski definition) is 5. The first-order valence-electron chi connectivity index (χ1n) is 8.92. The highest BCUT2D eigenvalue weighted by atomic mass is 16.3. The Morgan fingerprint density at radius 1 is 1.26 bits per heavy atom. The van der Waals surface area contributed by atoms with Gasteiger partial charge in [-0.15, -0.1) is 0 Å². The molecular weight excluding hydrogens is 346 g/mol. The average molecular weight is 375 g/mol. The molecule has 3 N–H and O–H groups in total. The van der Waals surface area contributed by atoms with Crippen LogP contribution in [0.15, 0.2) is 18.2 Å². The largest absolute Gasteiger partial charge is 0.391 e. The van der Waals surface area contributed by atoms with Crippen molar-refractivity contribution in [3.05, 3.63) is 29.6 Å². The first-order chi connectivity index (χ1) is 12.6. The Morgan fingerprint density at radius 3 is 2.48 bits per heavy atom. The Hall–Kier alpha value is -2.45. The molecule has 0 bridgehead atoms. The van der Waals surface area contributed by atoms with Gasteiger partial charge in [-0.05, 0) is 38.2 Å². The van der Waals surface area contributed by atoms with E-state index in [2.05, 4.69) is 15.3 Å². The molecule has 8 heteroatoms. The summed E-state index contributed by atoms with van der Waals surface area (Å²) in [5, 5.41) is 13.3. The van der Waals surface area contributed by atoms with Crippen molar-refractivity contribution in [2.24, 2.45) is 5.92 Å². The molecule has 3 atom stereocenters. The number of H-pyrrole nitrogens is 1.